The van der Waals surface area contributed by atoms with Crippen LogP contribution >= 0.6 is 0 Å². The lowest BCUT2D eigenvalue weighted by Gasteiger charge is -2.24. The highest BCUT2D eigenvalue weighted by atomic mass is 15.3. The first-order valence-corrected chi connectivity index (χ1v) is 3.39. The van der Waals surface area contributed by atoms with Gasteiger partial charge in [0.2, 0.25) is 0 Å². The van der Waals surface area contributed by atoms with Crippen molar-refractivity contribution in [1.82, 2.24) is 9.80 Å². The third kappa shape index (κ3) is 4.43. The highest BCUT2D eigenvalue weighted by Gasteiger charge is 2.01. The normalized spacial score (nSPS) is 12.0. The summed E-state index contributed by atoms with van der Waals surface area (Å²) in [6, 6.07) is 0.646. The fourth-order valence-corrected chi connectivity index (χ4v) is 0.609. The quantitative estimate of drug-likeness (QED) is 0.522. The molecule has 0 aliphatic heterocycles. The van der Waals surface area contributed by atoms with Gasteiger partial charge >= 0.3 is 0 Å². The summed E-state index contributed by atoms with van der Waals surface area (Å²) in [6.45, 7) is 5.44. The van der Waals surface area contributed by atoms with Crippen LogP contribution in [0, 0.1) is 0 Å². The van der Waals surface area contributed by atoms with Gasteiger partial charge < -0.3 is 0 Å². The van der Waals surface area contributed by atoms with Crippen molar-refractivity contribution in [3.63, 3.8) is 0 Å². The van der Waals surface area contributed by atoms with E-state index in [1.807, 2.05) is 0 Å². The Kier molecular flexibility index (Phi) is 3.82. The molecule has 0 aromatic carbocycles. The van der Waals surface area contributed by atoms with Gasteiger partial charge in [-0.1, -0.05) is 0 Å². The zero-order chi connectivity index (χ0) is 7.44. The molecule has 0 bridgehead atoms. The van der Waals surface area contributed by atoms with E-state index in [1.54, 1.807) is 0 Å². The maximum absolute atomic E-state index is 2.29. The fraction of sp³-hybridized carbons (Fsp3) is 1.00. The van der Waals surface area contributed by atoms with Crippen LogP contribution in [0.25, 0.3) is 0 Å². The average Bonchev–Trinajstić information content (AvgIpc) is 1.63. The molecule has 0 saturated carbocycles. The Balaban J connectivity index is 3.38. The zero-order valence-electron chi connectivity index (χ0n) is 7.18. The minimum atomic E-state index is 0.646. The second-order valence-electron chi connectivity index (χ2n) is 3.07. The molecular weight excluding hydrogens is 112 g/mol. The SMILES string of the molecule is CC(C)N(C)CN(C)C. The molecule has 0 N–H and O–H groups in total. The zero-order valence-corrected chi connectivity index (χ0v) is 7.18. The molecule has 9 heavy (non-hydrogen) atoms. The van der Waals surface area contributed by atoms with E-state index in [0.29, 0.717) is 6.04 Å². The summed E-state index contributed by atoms with van der Waals surface area (Å²) in [5.74, 6) is 0. The molecular formula is C7H18N2. The minimum absolute atomic E-state index is 0.646. The topological polar surface area (TPSA) is 6.48 Å². The third-order valence-electron chi connectivity index (χ3n) is 1.39. The molecule has 0 spiro atoms. The van der Waals surface area contributed by atoms with E-state index in [1.165, 1.54) is 0 Å². The highest BCUT2D eigenvalue weighted by Crippen LogP contribution is 1.92. The van der Waals surface area contributed by atoms with Crippen molar-refractivity contribution >= 4 is 0 Å². The molecule has 0 aliphatic rings. The third-order valence-corrected chi connectivity index (χ3v) is 1.39. The van der Waals surface area contributed by atoms with Crippen molar-refractivity contribution in [3.8, 4) is 0 Å². The molecule has 0 heterocycles. The average molecular weight is 130 g/mol. The lowest BCUT2D eigenvalue weighted by molar-refractivity contribution is 0.175. The first-order chi connectivity index (χ1) is 4.04. The van der Waals surface area contributed by atoms with Crippen molar-refractivity contribution in [3.05, 3.63) is 0 Å². The maximum atomic E-state index is 2.29. The molecule has 0 aromatic heterocycles. The number of hydrogen-bond donors (Lipinski definition) is 0. The molecule has 0 aliphatic carbocycles. The second-order valence-corrected chi connectivity index (χ2v) is 3.07. The Labute approximate surface area is 58.4 Å². The summed E-state index contributed by atoms with van der Waals surface area (Å²) < 4.78 is 0. The Morgan fingerprint density at radius 3 is 1.67 bits per heavy atom. The first-order valence-electron chi connectivity index (χ1n) is 3.39. The van der Waals surface area contributed by atoms with Gasteiger partial charge in [-0.3, -0.25) is 9.80 Å². The Bertz CT molecular complexity index is 69.3. The van der Waals surface area contributed by atoms with E-state index >= 15 is 0 Å². The van der Waals surface area contributed by atoms with Crippen LogP contribution in [0.1, 0.15) is 13.8 Å². The van der Waals surface area contributed by atoms with Crippen LogP contribution < -0.4 is 0 Å². The minimum Gasteiger partial charge on any atom is -0.297 e. The fourth-order valence-electron chi connectivity index (χ4n) is 0.609. The Hall–Kier alpha value is -0.0800. The van der Waals surface area contributed by atoms with Crippen molar-refractivity contribution < 1.29 is 0 Å². The largest absolute Gasteiger partial charge is 0.297 e. The number of rotatable bonds is 3. The molecule has 0 unspecified atom stereocenters. The van der Waals surface area contributed by atoms with E-state index in [4.69, 9.17) is 0 Å². The van der Waals surface area contributed by atoms with E-state index in [-0.39, 0.29) is 0 Å². The van der Waals surface area contributed by atoms with Crippen LogP contribution in [0.4, 0.5) is 0 Å². The van der Waals surface area contributed by atoms with Crippen LogP contribution in [-0.2, 0) is 0 Å². The van der Waals surface area contributed by atoms with Crippen molar-refractivity contribution in [1.29, 1.82) is 0 Å². The van der Waals surface area contributed by atoms with Gasteiger partial charge in [0, 0.05) is 12.7 Å². The van der Waals surface area contributed by atoms with Crippen LogP contribution in [0.3, 0.4) is 0 Å². The molecule has 56 valence electrons. The van der Waals surface area contributed by atoms with E-state index in [0.717, 1.165) is 6.67 Å². The molecule has 0 atom stereocenters. The summed E-state index contributed by atoms with van der Waals surface area (Å²) in [5.41, 5.74) is 0. The maximum Gasteiger partial charge on any atom is 0.0500 e. The van der Waals surface area contributed by atoms with Gasteiger partial charge in [0.25, 0.3) is 0 Å². The van der Waals surface area contributed by atoms with Crippen molar-refractivity contribution in [2.24, 2.45) is 0 Å². The molecule has 2 heteroatoms. The predicted octanol–water partition coefficient (Wildman–Crippen LogP) is 0.846. The van der Waals surface area contributed by atoms with Gasteiger partial charge in [-0.15, -0.1) is 0 Å². The molecule has 0 rings (SSSR count). The molecule has 0 fully saturated rings. The lowest BCUT2D eigenvalue weighted by atomic mass is 10.4. The van der Waals surface area contributed by atoms with Gasteiger partial charge in [-0.2, -0.15) is 0 Å². The van der Waals surface area contributed by atoms with E-state index in [2.05, 4.69) is 44.8 Å². The van der Waals surface area contributed by atoms with E-state index in [9.17, 15) is 0 Å². The Morgan fingerprint density at radius 1 is 1.11 bits per heavy atom. The van der Waals surface area contributed by atoms with Crippen LogP contribution in [0.5, 0.6) is 0 Å². The molecule has 2 nitrogen and oxygen atoms in total. The van der Waals surface area contributed by atoms with Crippen molar-refractivity contribution in [2.45, 2.75) is 19.9 Å². The summed E-state index contributed by atoms with van der Waals surface area (Å²) in [6.07, 6.45) is 0. The van der Waals surface area contributed by atoms with Crippen LogP contribution in [-0.4, -0.2) is 43.7 Å². The molecule has 0 radical (unpaired) electrons. The summed E-state index contributed by atoms with van der Waals surface area (Å²) >= 11 is 0. The number of nitrogens with zero attached hydrogens (tertiary/aromatic N) is 2. The summed E-state index contributed by atoms with van der Waals surface area (Å²) in [4.78, 5) is 4.46. The smallest absolute Gasteiger partial charge is 0.0500 e. The lowest BCUT2D eigenvalue weighted by Crippen LogP contribution is -2.35. The van der Waals surface area contributed by atoms with E-state index < -0.39 is 0 Å². The molecule has 0 aromatic rings. The number of hydrogen-bond acceptors (Lipinski definition) is 2. The Morgan fingerprint density at radius 2 is 1.56 bits per heavy atom. The summed E-state index contributed by atoms with van der Waals surface area (Å²) in [7, 11) is 6.29. The first kappa shape index (κ1) is 8.92. The van der Waals surface area contributed by atoms with Crippen LogP contribution in [0.15, 0.2) is 0 Å². The molecule has 0 amide bonds. The van der Waals surface area contributed by atoms with Gasteiger partial charge in [0.15, 0.2) is 0 Å². The van der Waals surface area contributed by atoms with Crippen LogP contribution in [0.2, 0.25) is 0 Å². The standard InChI is InChI=1S/C7H18N2/c1-7(2)9(5)6-8(3)4/h7H,6H2,1-5H3. The van der Waals surface area contributed by atoms with Gasteiger partial charge in [0.1, 0.15) is 0 Å². The summed E-state index contributed by atoms with van der Waals surface area (Å²) in [5, 5.41) is 0. The second kappa shape index (κ2) is 3.85. The highest BCUT2D eigenvalue weighted by molar-refractivity contribution is 4.53. The monoisotopic (exact) mass is 130 g/mol. The van der Waals surface area contributed by atoms with Gasteiger partial charge in [-0.25, -0.2) is 0 Å². The van der Waals surface area contributed by atoms with Crippen molar-refractivity contribution in [2.75, 3.05) is 27.8 Å². The van der Waals surface area contributed by atoms with Gasteiger partial charge in [-0.05, 0) is 35.0 Å². The van der Waals surface area contributed by atoms with Gasteiger partial charge in [0.05, 0.1) is 0 Å². The predicted molar refractivity (Wildman–Crippen MR) is 41.5 cm³/mol. The molecule has 0 saturated heterocycles.